The molecule has 4 rings (SSSR count). The molecule has 2 fully saturated rings. The third kappa shape index (κ3) is 6.09. The van der Waals surface area contributed by atoms with Gasteiger partial charge in [0.1, 0.15) is 0 Å². The topological polar surface area (TPSA) is 45.7 Å². The van der Waals surface area contributed by atoms with E-state index in [1.807, 2.05) is 30.0 Å². The molecule has 0 aliphatic carbocycles. The van der Waals surface area contributed by atoms with Crippen LogP contribution in [0.5, 0.6) is 0 Å². The first-order chi connectivity index (χ1) is 15.0. The normalized spacial score (nSPS) is 23.3. The van der Waals surface area contributed by atoms with Gasteiger partial charge in [0.2, 0.25) is 0 Å². The summed E-state index contributed by atoms with van der Waals surface area (Å²) in [6.45, 7) is 11.2. The Bertz CT molecular complexity index is 869. The van der Waals surface area contributed by atoms with Gasteiger partial charge in [-0.05, 0) is 51.7 Å². The van der Waals surface area contributed by atoms with Gasteiger partial charge in [-0.3, -0.25) is 9.69 Å². The number of hydrogen-bond donors (Lipinski definition) is 0. The zero-order valence-electron chi connectivity index (χ0n) is 18.8. The second kappa shape index (κ2) is 10.5. The monoisotopic (exact) mass is 459 g/mol. The van der Waals surface area contributed by atoms with Gasteiger partial charge in [0.25, 0.3) is 5.91 Å². The lowest BCUT2D eigenvalue weighted by Crippen LogP contribution is -2.48. The van der Waals surface area contributed by atoms with Crippen LogP contribution < -0.4 is 0 Å². The fraction of sp³-hybridized carbons (Fsp3) is 0.583. The predicted molar refractivity (Wildman–Crippen MR) is 128 cm³/mol. The van der Waals surface area contributed by atoms with Crippen LogP contribution in [-0.2, 0) is 10.5 Å². The second-order valence-electron chi connectivity index (χ2n) is 8.85. The minimum Gasteiger partial charge on any atom is -0.373 e. The van der Waals surface area contributed by atoms with E-state index in [9.17, 15) is 4.79 Å². The first-order valence-electron chi connectivity index (χ1n) is 11.3. The molecule has 1 amide bonds. The van der Waals surface area contributed by atoms with Crippen LogP contribution in [0.25, 0.3) is 0 Å². The van der Waals surface area contributed by atoms with Crippen LogP contribution in [0.2, 0.25) is 0 Å². The van der Waals surface area contributed by atoms with E-state index in [2.05, 4.69) is 35.2 Å². The number of aromatic nitrogens is 1. The third-order valence-corrected chi connectivity index (χ3v) is 8.00. The van der Waals surface area contributed by atoms with E-state index in [4.69, 9.17) is 4.74 Å². The van der Waals surface area contributed by atoms with Gasteiger partial charge >= 0.3 is 0 Å². The van der Waals surface area contributed by atoms with E-state index in [-0.39, 0.29) is 5.91 Å². The maximum atomic E-state index is 13.3. The van der Waals surface area contributed by atoms with Gasteiger partial charge in [-0.1, -0.05) is 12.1 Å². The van der Waals surface area contributed by atoms with E-state index in [1.54, 1.807) is 23.1 Å². The number of rotatable bonds is 6. The maximum Gasteiger partial charge on any atom is 0.254 e. The molecule has 2 saturated heterocycles. The standard InChI is InChI=1S/C24H33N3O2S2/c1-17-12-26(13-18(2)29-17)14-20-8-10-27(11-9-20)24(28)22-6-4-5-7-23(22)31-16-21-15-30-19(3)25-21/h4-7,15,17-18,20H,8-14,16H2,1-3H3. The number of nitrogens with zero attached hydrogens (tertiary/aromatic N) is 3. The molecular weight excluding hydrogens is 426 g/mol. The average molecular weight is 460 g/mol. The van der Waals surface area contributed by atoms with Crippen LogP contribution in [0, 0.1) is 12.8 Å². The van der Waals surface area contributed by atoms with Crippen LogP contribution >= 0.6 is 23.1 Å². The Balaban J connectivity index is 1.31. The van der Waals surface area contributed by atoms with Crippen molar-refractivity contribution in [1.82, 2.24) is 14.8 Å². The van der Waals surface area contributed by atoms with Crippen molar-refractivity contribution in [3.63, 3.8) is 0 Å². The summed E-state index contributed by atoms with van der Waals surface area (Å²) in [5, 5.41) is 3.19. The summed E-state index contributed by atoms with van der Waals surface area (Å²) in [5.74, 6) is 1.64. The van der Waals surface area contributed by atoms with Crippen molar-refractivity contribution in [2.45, 2.75) is 56.5 Å². The Kier molecular flexibility index (Phi) is 7.69. The Morgan fingerprint density at radius 2 is 1.90 bits per heavy atom. The highest BCUT2D eigenvalue weighted by molar-refractivity contribution is 7.98. The molecule has 3 heterocycles. The molecule has 2 aliphatic rings. The van der Waals surface area contributed by atoms with Gasteiger partial charge in [-0.2, -0.15) is 0 Å². The van der Waals surface area contributed by atoms with Gasteiger partial charge in [-0.25, -0.2) is 4.98 Å². The van der Waals surface area contributed by atoms with Crippen molar-refractivity contribution in [3.8, 4) is 0 Å². The zero-order valence-corrected chi connectivity index (χ0v) is 20.4. The molecule has 0 N–H and O–H groups in total. The minimum absolute atomic E-state index is 0.171. The van der Waals surface area contributed by atoms with Crippen LogP contribution in [-0.4, -0.2) is 65.6 Å². The van der Waals surface area contributed by atoms with Gasteiger partial charge in [0.05, 0.1) is 28.5 Å². The highest BCUT2D eigenvalue weighted by atomic mass is 32.2. The van der Waals surface area contributed by atoms with Gasteiger partial charge in [0, 0.05) is 48.8 Å². The number of ether oxygens (including phenoxy) is 1. The summed E-state index contributed by atoms with van der Waals surface area (Å²) in [6, 6.07) is 8.02. The Morgan fingerprint density at radius 3 is 2.58 bits per heavy atom. The van der Waals surface area contributed by atoms with Crippen LogP contribution in [0.15, 0.2) is 34.5 Å². The van der Waals surface area contributed by atoms with E-state index in [0.717, 1.165) is 72.5 Å². The fourth-order valence-corrected chi connectivity index (χ4v) is 6.34. The number of thiazole rings is 1. The van der Waals surface area contributed by atoms with Crippen LogP contribution in [0.4, 0.5) is 0 Å². The van der Waals surface area contributed by atoms with Gasteiger partial charge in [0.15, 0.2) is 0 Å². The third-order valence-electron chi connectivity index (χ3n) is 6.07. The highest BCUT2D eigenvalue weighted by Crippen LogP contribution is 2.29. The lowest BCUT2D eigenvalue weighted by atomic mass is 9.95. The number of morpholine rings is 1. The summed E-state index contributed by atoms with van der Waals surface area (Å²) in [7, 11) is 0. The van der Waals surface area contributed by atoms with E-state index in [0.29, 0.717) is 18.1 Å². The Morgan fingerprint density at radius 1 is 1.19 bits per heavy atom. The van der Waals surface area contributed by atoms with Crippen LogP contribution in [0.3, 0.4) is 0 Å². The molecule has 2 atom stereocenters. The molecule has 2 aromatic rings. The molecule has 0 bridgehead atoms. The average Bonchev–Trinajstić information content (AvgIpc) is 3.17. The molecule has 0 radical (unpaired) electrons. The van der Waals surface area contributed by atoms with Gasteiger partial charge in [-0.15, -0.1) is 23.1 Å². The summed E-state index contributed by atoms with van der Waals surface area (Å²) in [5.41, 5.74) is 1.91. The quantitative estimate of drug-likeness (QED) is 0.586. The largest absolute Gasteiger partial charge is 0.373 e. The van der Waals surface area contributed by atoms with Crippen molar-refractivity contribution in [1.29, 1.82) is 0 Å². The maximum absolute atomic E-state index is 13.3. The SMILES string of the molecule is Cc1nc(CSc2ccccc2C(=O)N2CCC(CN3CC(C)OC(C)C3)CC2)cs1. The Hall–Kier alpha value is -1.41. The van der Waals surface area contributed by atoms with Crippen LogP contribution in [0.1, 0.15) is 47.7 Å². The molecule has 31 heavy (non-hydrogen) atoms. The van der Waals surface area contributed by atoms with Crippen molar-refractivity contribution < 1.29 is 9.53 Å². The molecular formula is C24H33N3O2S2. The number of hydrogen-bond acceptors (Lipinski definition) is 6. The van der Waals surface area contributed by atoms with E-state index >= 15 is 0 Å². The molecule has 168 valence electrons. The van der Waals surface area contributed by atoms with Crippen molar-refractivity contribution in [2.75, 3.05) is 32.7 Å². The molecule has 0 spiro atoms. The first-order valence-corrected chi connectivity index (χ1v) is 13.1. The second-order valence-corrected chi connectivity index (χ2v) is 10.9. The number of thioether (sulfide) groups is 1. The molecule has 2 aliphatic heterocycles. The summed E-state index contributed by atoms with van der Waals surface area (Å²) in [6.07, 6.45) is 2.79. The number of carbonyl (C=O) groups excluding carboxylic acids is 1. The van der Waals surface area contributed by atoms with Crippen molar-refractivity contribution in [3.05, 3.63) is 45.9 Å². The number of amides is 1. The fourth-order valence-electron chi connectivity index (χ4n) is 4.68. The number of piperidine rings is 1. The lowest BCUT2D eigenvalue weighted by Gasteiger charge is -2.39. The molecule has 1 aromatic carbocycles. The molecule has 0 saturated carbocycles. The smallest absolute Gasteiger partial charge is 0.254 e. The predicted octanol–water partition coefficient (Wildman–Crippen LogP) is 4.71. The van der Waals surface area contributed by atoms with Crippen molar-refractivity contribution >= 4 is 29.0 Å². The lowest BCUT2D eigenvalue weighted by molar-refractivity contribution is -0.0728. The van der Waals surface area contributed by atoms with E-state index in [1.165, 1.54) is 0 Å². The molecule has 5 nitrogen and oxygen atoms in total. The number of aryl methyl sites for hydroxylation is 1. The van der Waals surface area contributed by atoms with Crippen molar-refractivity contribution in [2.24, 2.45) is 5.92 Å². The van der Waals surface area contributed by atoms with Gasteiger partial charge < -0.3 is 9.64 Å². The molecule has 7 heteroatoms. The highest BCUT2D eigenvalue weighted by Gasteiger charge is 2.28. The van der Waals surface area contributed by atoms with E-state index < -0.39 is 0 Å². The zero-order chi connectivity index (χ0) is 21.8. The first kappa shape index (κ1) is 22.8. The molecule has 2 unspecified atom stereocenters. The summed E-state index contributed by atoms with van der Waals surface area (Å²) >= 11 is 3.38. The Labute approximate surface area is 194 Å². The summed E-state index contributed by atoms with van der Waals surface area (Å²) < 4.78 is 5.86. The number of benzene rings is 1. The number of likely N-dealkylation sites (tertiary alicyclic amines) is 1. The minimum atomic E-state index is 0.171. The molecule has 1 aromatic heterocycles. The number of carbonyl (C=O) groups is 1. The summed E-state index contributed by atoms with van der Waals surface area (Å²) in [4.78, 5) is 23.5.